The predicted octanol–water partition coefficient (Wildman–Crippen LogP) is 7.77. The quantitative estimate of drug-likeness (QED) is 0.313. The van der Waals surface area contributed by atoms with E-state index in [4.69, 9.17) is 39.5 Å². The Morgan fingerprint density at radius 3 is 2.15 bits per heavy atom. The van der Waals surface area contributed by atoms with Crippen LogP contribution in [0.3, 0.4) is 0 Å². The van der Waals surface area contributed by atoms with Gasteiger partial charge in [0.25, 0.3) is 11.1 Å². The molecule has 1 heterocycles. The van der Waals surface area contributed by atoms with Crippen molar-refractivity contribution >= 4 is 63.8 Å². The second-order valence-electron chi connectivity index (χ2n) is 7.48. The van der Waals surface area contributed by atoms with Crippen LogP contribution in [0.2, 0.25) is 15.1 Å². The van der Waals surface area contributed by atoms with Gasteiger partial charge in [0.15, 0.2) is 5.75 Å². The highest BCUT2D eigenvalue weighted by Crippen LogP contribution is 2.38. The Morgan fingerprint density at radius 2 is 1.52 bits per heavy atom. The lowest BCUT2D eigenvalue weighted by Crippen LogP contribution is -2.27. The first kappa shape index (κ1) is 23.7. The normalized spacial score (nSPS) is 14.9. The molecule has 0 spiro atoms. The number of nitrogens with zero attached hydrogens (tertiary/aromatic N) is 1. The molecule has 0 atom stereocenters. The number of aryl methyl sites for hydroxylation is 1. The van der Waals surface area contributed by atoms with Gasteiger partial charge < -0.3 is 4.74 Å². The predicted molar refractivity (Wildman–Crippen MR) is 135 cm³/mol. The van der Waals surface area contributed by atoms with Gasteiger partial charge in [-0.1, -0.05) is 76.8 Å². The zero-order chi connectivity index (χ0) is 23.5. The van der Waals surface area contributed by atoms with E-state index in [1.165, 1.54) is 4.90 Å². The number of thioether (sulfide) groups is 1. The first-order chi connectivity index (χ1) is 15.8. The molecule has 4 rings (SSSR count). The van der Waals surface area contributed by atoms with Crippen molar-refractivity contribution in [1.82, 2.24) is 4.90 Å². The highest BCUT2D eigenvalue weighted by molar-refractivity contribution is 8.18. The Balaban J connectivity index is 1.49. The molecule has 0 radical (unpaired) electrons. The Morgan fingerprint density at radius 1 is 0.909 bits per heavy atom. The molecule has 3 aromatic rings. The summed E-state index contributed by atoms with van der Waals surface area (Å²) in [5.74, 6) is -0.00112. The average molecular weight is 519 g/mol. The number of halogens is 3. The summed E-state index contributed by atoms with van der Waals surface area (Å²) in [5, 5.41) is 0.942. The number of imide groups is 1. The molecule has 168 valence electrons. The van der Waals surface area contributed by atoms with Crippen LogP contribution in [0.4, 0.5) is 4.79 Å². The third-order valence-corrected chi connectivity index (χ3v) is 6.67. The Hall–Kier alpha value is -2.44. The minimum Gasteiger partial charge on any atom is -0.486 e. The lowest BCUT2D eigenvalue weighted by molar-refractivity contribution is -0.123. The highest BCUT2D eigenvalue weighted by Gasteiger charge is 2.35. The van der Waals surface area contributed by atoms with Crippen molar-refractivity contribution in [2.75, 3.05) is 0 Å². The zero-order valence-corrected chi connectivity index (χ0v) is 20.6. The fourth-order valence-corrected chi connectivity index (χ4v) is 4.78. The lowest BCUT2D eigenvalue weighted by atomic mass is 10.1. The summed E-state index contributed by atoms with van der Waals surface area (Å²) in [4.78, 5) is 26.8. The summed E-state index contributed by atoms with van der Waals surface area (Å²) >= 11 is 19.6. The zero-order valence-electron chi connectivity index (χ0n) is 17.5. The summed E-state index contributed by atoms with van der Waals surface area (Å²) < 4.78 is 5.79. The second-order valence-corrected chi connectivity index (χ2v) is 9.73. The standard InChI is InChI=1S/C25H18Cl3NO3S/c1-15-2-4-16(5-3-15)13-29-24(30)22(33-25(29)31)12-18-10-20(27)23(21(28)11-18)32-14-17-6-8-19(26)9-7-17/h2-12H,13-14H2,1H3/b22-12-. The first-order valence-electron chi connectivity index (χ1n) is 9.97. The molecule has 1 aliphatic rings. The number of ether oxygens (including phenoxy) is 1. The van der Waals surface area contributed by atoms with E-state index in [9.17, 15) is 9.59 Å². The molecule has 0 N–H and O–H groups in total. The van der Waals surface area contributed by atoms with Crippen LogP contribution in [-0.2, 0) is 17.9 Å². The molecule has 8 heteroatoms. The van der Waals surface area contributed by atoms with E-state index >= 15 is 0 Å². The highest BCUT2D eigenvalue weighted by atomic mass is 35.5. The summed E-state index contributed by atoms with van der Waals surface area (Å²) in [6.45, 7) is 2.48. The van der Waals surface area contributed by atoms with Crippen molar-refractivity contribution < 1.29 is 14.3 Å². The molecular formula is C25H18Cl3NO3S. The van der Waals surface area contributed by atoms with Gasteiger partial charge in [-0.25, -0.2) is 0 Å². The monoisotopic (exact) mass is 517 g/mol. The van der Waals surface area contributed by atoms with Crippen LogP contribution in [0.25, 0.3) is 6.08 Å². The van der Waals surface area contributed by atoms with Gasteiger partial charge in [-0.05, 0) is 65.7 Å². The summed E-state index contributed by atoms with van der Waals surface area (Å²) in [5.41, 5.74) is 3.52. The van der Waals surface area contributed by atoms with E-state index in [2.05, 4.69) is 0 Å². The maximum absolute atomic E-state index is 12.8. The maximum Gasteiger partial charge on any atom is 0.293 e. The number of carbonyl (C=O) groups is 2. The van der Waals surface area contributed by atoms with E-state index in [1.807, 2.05) is 43.3 Å². The van der Waals surface area contributed by atoms with E-state index in [1.54, 1.807) is 30.3 Å². The van der Waals surface area contributed by atoms with Crippen LogP contribution in [0.5, 0.6) is 5.75 Å². The number of hydrogen-bond donors (Lipinski definition) is 0. The van der Waals surface area contributed by atoms with Crippen molar-refractivity contribution in [2.45, 2.75) is 20.1 Å². The molecule has 4 nitrogen and oxygen atoms in total. The van der Waals surface area contributed by atoms with Crippen LogP contribution in [-0.4, -0.2) is 16.0 Å². The Labute approximate surface area is 211 Å². The van der Waals surface area contributed by atoms with Gasteiger partial charge in [0.1, 0.15) is 6.61 Å². The number of carbonyl (C=O) groups excluding carboxylic acids is 2. The van der Waals surface area contributed by atoms with E-state index < -0.39 is 0 Å². The van der Waals surface area contributed by atoms with Crippen molar-refractivity contribution in [3.8, 4) is 5.75 Å². The van der Waals surface area contributed by atoms with Gasteiger partial charge in [0.05, 0.1) is 21.5 Å². The van der Waals surface area contributed by atoms with Gasteiger partial charge in [0.2, 0.25) is 0 Å². The molecule has 0 bridgehead atoms. The molecule has 0 aliphatic carbocycles. The molecule has 2 amide bonds. The van der Waals surface area contributed by atoms with Gasteiger partial charge in [-0.2, -0.15) is 0 Å². The first-order valence-corrected chi connectivity index (χ1v) is 11.9. The minimum atomic E-state index is -0.346. The van der Waals surface area contributed by atoms with Crippen LogP contribution < -0.4 is 4.74 Å². The topological polar surface area (TPSA) is 46.6 Å². The fourth-order valence-electron chi connectivity index (χ4n) is 3.20. The van der Waals surface area contributed by atoms with Crippen LogP contribution in [0.1, 0.15) is 22.3 Å². The molecule has 3 aromatic carbocycles. The number of benzene rings is 3. The molecule has 0 saturated carbocycles. The summed E-state index contributed by atoms with van der Waals surface area (Å²) in [7, 11) is 0. The third-order valence-electron chi connectivity index (χ3n) is 4.95. The van der Waals surface area contributed by atoms with E-state index in [-0.39, 0.29) is 24.3 Å². The number of hydrogen-bond acceptors (Lipinski definition) is 4. The van der Waals surface area contributed by atoms with Gasteiger partial charge in [0, 0.05) is 5.02 Å². The van der Waals surface area contributed by atoms with Crippen LogP contribution in [0, 0.1) is 6.92 Å². The van der Waals surface area contributed by atoms with E-state index in [0.29, 0.717) is 31.3 Å². The smallest absolute Gasteiger partial charge is 0.293 e. The van der Waals surface area contributed by atoms with Crippen LogP contribution >= 0.6 is 46.6 Å². The molecule has 0 unspecified atom stereocenters. The SMILES string of the molecule is Cc1ccc(CN2C(=O)S/C(=C\c3cc(Cl)c(OCc4ccc(Cl)cc4)c(Cl)c3)C2=O)cc1. The van der Waals surface area contributed by atoms with Crippen molar-refractivity contribution in [3.05, 3.63) is 103 Å². The molecule has 33 heavy (non-hydrogen) atoms. The van der Waals surface area contributed by atoms with E-state index in [0.717, 1.165) is 28.5 Å². The fraction of sp³-hybridized carbons (Fsp3) is 0.120. The molecule has 1 aliphatic heterocycles. The van der Waals surface area contributed by atoms with Gasteiger partial charge >= 0.3 is 0 Å². The van der Waals surface area contributed by atoms with Crippen molar-refractivity contribution in [2.24, 2.45) is 0 Å². The average Bonchev–Trinajstić information content (AvgIpc) is 3.03. The van der Waals surface area contributed by atoms with Gasteiger partial charge in [-0.15, -0.1) is 0 Å². The third kappa shape index (κ3) is 5.74. The summed E-state index contributed by atoms with van der Waals surface area (Å²) in [6.07, 6.45) is 1.61. The molecule has 0 aromatic heterocycles. The minimum absolute atomic E-state index is 0.223. The maximum atomic E-state index is 12.8. The van der Waals surface area contributed by atoms with Gasteiger partial charge in [-0.3, -0.25) is 14.5 Å². The molecule has 1 fully saturated rings. The van der Waals surface area contributed by atoms with Crippen LogP contribution in [0.15, 0.2) is 65.6 Å². The molecular weight excluding hydrogens is 501 g/mol. The number of amides is 2. The Kier molecular flexibility index (Phi) is 7.35. The second kappa shape index (κ2) is 10.2. The van der Waals surface area contributed by atoms with Crippen molar-refractivity contribution in [3.63, 3.8) is 0 Å². The molecule has 1 saturated heterocycles. The number of rotatable bonds is 6. The van der Waals surface area contributed by atoms with Crippen molar-refractivity contribution in [1.29, 1.82) is 0 Å². The summed E-state index contributed by atoms with van der Waals surface area (Å²) in [6, 6.07) is 18.3. The Bertz CT molecular complexity index is 1220. The largest absolute Gasteiger partial charge is 0.486 e. The lowest BCUT2D eigenvalue weighted by Gasteiger charge is -2.12.